The summed E-state index contributed by atoms with van der Waals surface area (Å²) in [6, 6.07) is 3.46. The van der Waals surface area contributed by atoms with Crippen LogP contribution in [0, 0.1) is 6.92 Å². The minimum atomic E-state index is 0.0608. The lowest BCUT2D eigenvalue weighted by molar-refractivity contribution is 0.0764. The third-order valence-electron chi connectivity index (χ3n) is 3.29. The van der Waals surface area contributed by atoms with Crippen LogP contribution in [0.3, 0.4) is 0 Å². The Morgan fingerprint density at radius 3 is 2.84 bits per heavy atom. The lowest BCUT2D eigenvalue weighted by Crippen LogP contribution is -2.33. The molecular formula is C14H19ClN2OS. The molecule has 1 amide bonds. The molecule has 0 aromatic carbocycles. The minimum absolute atomic E-state index is 0.0608. The van der Waals surface area contributed by atoms with E-state index in [1.807, 2.05) is 23.6 Å². The molecule has 0 aliphatic carbocycles. The number of aryl methyl sites for hydroxylation is 1. The monoisotopic (exact) mass is 298 g/mol. The van der Waals surface area contributed by atoms with Crippen LogP contribution < -0.4 is 0 Å². The van der Waals surface area contributed by atoms with E-state index in [1.165, 1.54) is 0 Å². The highest BCUT2D eigenvalue weighted by Crippen LogP contribution is 2.31. The van der Waals surface area contributed by atoms with E-state index in [2.05, 4.69) is 18.8 Å². The van der Waals surface area contributed by atoms with Crippen molar-refractivity contribution < 1.29 is 4.79 Å². The molecule has 1 aliphatic rings. The summed E-state index contributed by atoms with van der Waals surface area (Å²) < 4.78 is 0.251. The summed E-state index contributed by atoms with van der Waals surface area (Å²) in [6.07, 6.45) is 1.02. The Morgan fingerprint density at radius 2 is 2.16 bits per heavy atom. The van der Waals surface area contributed by atoms with Gasteiger partial charge in [-0.3, -0.25) is 4.79 Å². The Kier molecular flexibility index (Phi) is 4.41. The zero-order chi connectivity index (χ0) is 14.0. The highest BCUT2D eigenvalue weighted by molar-refractivity contribution is 8.00. The maximum Gasteiger partial charge on any atom is 0.254 e. The van der Waals surface area contributed by atoms with Crippen LogP contribution in [0.2, 0.25) is 5.15 Å². The van der Waals surface area contributed by atoms with Crippen LogP contribution in [0.4, 0.5) is 0 Å². The second kappa shape index (κ2) is 5.71. The quantitative estimate of drug-likeness (QED) is 0.745. The maximum absolute atomic E-state index is 12.5. The number of hydrogen-bond donors (Lipinski definition) is 0. The molecule has 1 aromatic rings. The molecule has 2 heterocycles. The first-order chi connectivity index (χ1) is 8.87. The van der Waals surface area contributed by atoms with Gasteiger partial charge in [0.1, 0.15) is 5.15 Å². The Labute approximate surface area is 123 Å². The molecule has 1 saturated heterocycles. The van der Waals surface area contributed by atoms with Crippen LogP contribution in [0.1, 0.15) is 36.3 Å². The number of thioether (sulfide) groups is 1. The molecule has 19 heavy (non-hydrogen) atoms. The number of aromatic nitrogens is 1. The zero-order valence-corrected chi connectivity index (χ0v) is 13.1. The summed E-state index contributed by atoms with van der Waals surface area (Å²) >= 11 is 7.86. The molecule has 0 unspecified atom stereocenters. The Morgan fingerprint density at radius 1 is 1.42 bits per heavy atom. The largest absolute Gasteiger partial charge is 0.338 e. The molecule has 0 spiro atoms. The van der Waals surface area contributed by atoms with Gasteiger partial charge in [0, 0.05) is 34.8 Å². The number of carbonyl (C=O) groups excluding carboxylic acids is 1. The fourth-order valence-electron chi connectivity index (χ4n) is 2.16. The lowest BCUT2D eigenvalue weighted by atomic mass is 10.1. The smallest absolute Gasteiger partial charge is 0.254 e. The van der Waals surface area contributed by atoms with E-state index in [1.54, 1.807) is 12.1 Å². The summed E-state index contributed by atoms with van der Waals surface area (Å²) in [5.74, 6) is 1.04. The average molecular weight is 299 g/mol. The van der Waals surface area contributed by atoms with Gasteiger partial charge >= 0.3 is 0 Å². The lowest BCUT2D eigenvalue weighted by Gasteiger charge is -2.22. The van der Waals surface area contributed by atoms with Gasteiger partial charge in [-0.25, -0.2) is 4.98 Å². The van der Waals surface area contributed by atoms with Crippen molar-refractivity contribution in [1.82, 2.24) is 9.88 Å². The number of carbonyl (C=O) groups is 1. The van der Waals surface area contributed by atoms with E-state index in [0.717, 1.165) is 31.0 Å². The summed E-state index contributed by atoms with van der Waals surface area (Å²) in [4.78, 5) is 18.5. The summed E-state index contributed by atoms with van der Waals surface area (Å²) in [7, 11) is 0. The molecule has 3 nitrogen and oxygen atoms in total. The van der Waals surface area contributed by atoms with E-state index in [0.29, 0.717) is 10.7 Å². The van der Waals surface area contributed by atoms with E-state index in [4.69, 9.17) is 11.6 Å². The molecular weight excluding hydrogens is 280 g/mol. The minimum Gasteiger partial charge on any atom is -0.338 e. The number of amides is 1. The molecule has 1 fully saturated rings. The maximum atomic E-state index is 12.5. The molecule has 1 aromatic heterocycles. The summed E-state index contributed by atoms with van der Waals surface area (Å²) in [6.45, 7) is 7.92. The second-order valence-electron chi connectivity index (χ2n) is 5.47. The van der Waals surface area contributed by atoms with Crippen LogP contribution in [-0.4, -0.2) is 39.4 Å². The van der Waals surface area contributed by atoms with Crippen molar-refractivity contribution in [2.45, 2.75) is 31.9 Å². The van der Waals surface area contributed by atoms with Gasteiger partial charge in [0.2, 0.25) is 0 Å². The second-order valence-corrected chi connectivity index (χ2v) is 7.66. The van der Waals surface area contributed by atoms with Crippen molar-refractivity contribution in [1.29, 1.82) is 0 Å². The first-order valence-corrected chi connectivity index (χ1v) is 7.81. The van der Waals surface area contributed by atoms with E-state index >= 15 is 0 Å². The van der Waals surface area contributed by atoms with Gasteiger partial charge in [-0.1, -0.05) is 25.4 Å². The third-order valence-corrected chi connectivity index (χ3v) is 4.86. The first kappa shape index (κ1) is 14.7. The number of hydrogen-bond acceptors (Lipinski definition) is 3. The van der Waals surface area contributed by atoms with Crippen molar-refractivity contribution in [3.63, 3.8) is 0 Å². The van der Waals surface area contributed by atoms with Crippen molar-refractivity contribution in [3.8, 4) is 0 Å². The normalized spacial score (nSPS) is 19.1. The topological polar surface area (TPSA) is 33.2 Å². The number of nitrogens with zero attached hydrogens (tertiary/aromatic N) is 2. The van der Waals surface area contributed by atoms with E-state index < -0.39 is 0 Å². The van der Waals surface area contributed by atoms with Crippen molar-refractivity contribution >= 4 is 29.3 Å². The van der Waals surface area contributed by atoms with Gasteiger partial charge in [0.25, 0.3) is 5.91 Å². The van der Waals surface area contributed by atoms with Gasteiger partial charge in [-0.05, 0) is 25.5 Å². The Balaban J connectivity index is 2.15. The predicted molar refractivity (Wildman–Crippen MR) is 81.0 cm³/mol. The summed E-state index contributed by atoms with van der Waals surface area (Å²) in [5.41, 5.74) is 1.42. The van der Waals surface area contributed by atoms with Gasteiger partial charge in [0.15, 0.2) is 0 Å². The van der Waals surface area contributed by atoms with Crippen molar-refractivity contribution in [2.75, 3.05) is 18.8 Å². The number of pyridine rings is 1. The highest BCUT2D eigenvalue weighted by atomic mass is 35.5. The van der Waals surface area contributed by atoms with E-state index in [9.17, 15) is 4.79 Å². The molecule has 1 aliphatic heterocycles. The average Bonchev–Trinajstić information content (AvgIpc) is 2.48. The molecule has 0 bridgehead atoms. The van der Waals surface area contributed by atoms with Gasteiger partial charge in [-0.15, -0.1) is 0 Å². The Hall–Kier alpha value is -0.740. The molecule has 104 valence electrons. The molecule has 2 rings (SSSR count). The van der Waals surface area contributed by atoms with Crippen LogP contribution in [0.5, 0.6) is 0 Å². The molecule has 0 saturated carbocycles. The standard InChI is InChI=1S/C14H19ClN2OS/c1-10-8-11(9-12(15)16-10)13(18)17-5-4-14(2,3)19-7-6-17/h8-9H,4-7H2,1-3H3. The first-order valence-electron chi connectivity index (χ1n) is 6.45. The van der Waals surface area contributed by atoms with Crippen LogP contribution in [-0.2, 0) is 0 Å². The van der Waals surface area contributed by atoms with Crippen LogP contribution in [0.15, 0.2) is 12.1 Å². The van der Waals surface area contributed by atoms with Crippen molar-refractivity contribution in [2.24, 2.45) is 0 Å². The van der Waals surface area contributed by atoms with Gasteiger partial charge < -0.3 is 4.90 Å². The molecule has 5 heteroatoms. The van der Waals surface area contributed by atoms with Gasteiger partial charge in [-0.2, -0.15) is 11.8 Å². The number of rotatable bonds is 1. The van der Waals surface area contributed by atoms with Crippen molar-refractivity contribution in [3.05, 3.63) is 28.5 Å². The predicted octanol–water partition coefficient (Wildman–Crippen LogP) is 3.40. The molecule has 0 N–H and O–H groups in total. The van der Waals surface area contributed by atoms with Gasteiger partial charge in [0.05, 0.1) is 0 Å². The molecule has 0 radical (unpaired) electrons. The van der Waals surface area contributed by atoms with E-state index in [-0.39, 0.29) is 10.7 Å². The molecule has 0 atom stereocenters. The third kappa shape index (κ3) is 3.86. The highest BCUT2D eigenvalue weighted by Gasteiger charge is 2.26. The van der Waals surface area contributed by atoms with Crippen LogP contribution in [0.25, 0.3) is 0 Å². The zero-order valence-electron chi connectivity index (χ0n) is 11.6. The number of halogens is 1. The Bertz CT molecular complexity index is 470. The fourth-order valence-corrected chi connectivity index (χ4v) is 3.51. The SMILES string of the molecule is Cc1cc(C(=O)N2CCSC(C)(C)CC2)cc(Cl)n1. The fraction of sp³-hybridized carbons (Fsp3) is 0.571. The summed E-state index contributed by atoms with van der Waals surface area (Å²) in [5, 5.41) is 0.382. The van der Waals surface area contributed by atoms with Crippen LogP contribution >= 0.6 is 23.4 Å².